The second kappa shape index (κ2) is 26.9. The van der Waals surface area contributed by atoms with Gasteiger partial charge in [-0.05, 0) is 180 Å². The maximum absolute atomic E-state index is 14.4. The summed E-state index contributed by atoms with van der Waals surface area (Å²) in [7, 11) is 4.82. The molecule has 3 aromatic carbocycles. The Morgan fingerprint density at radius 3 is 0.774 bits per heavy atom. The summed E-state index contributed by atoms with van der Waals surface area (Å²) in [6, 6.07) is 43.0. The van der Waals surface area contributed by atoms with E-state index in [1.54, 1.807) is 112 Å². The Morgan fingerprint density at radius 1 is 0.344 bits per heavy atom. The lowest BCUT2D eigenvalue weighted by molar-refractivity contribution is -0.130. The van der Waals surface area contributed by atoms with Gasteiger partial charge < -0.3 is 17.2 Å². The number of pyridine rings is 6. The van der Waals surface area contributed by atoms with E-state index in [2.05, 4.69) is 44.9 Å². The average Bonchev–Trinajstić information content (AvgIpc) is 1.67. The van der Waals surface area contributed by atoms with Crippen LogP contribution in [0.3, 0.4) is 0 Å². The van der Waals surface area contributed by atoms with Gasteiger partial charge >= 0.3 is 0 Å². The van der Waals surface area contributed by atoms with Crippen LogP contribution in [0.25, 0.3) is 33.4 Å². The number of hydrogen-bond acceptors (Lipinski definition) is 15. The number of hydrogen-bond donors (Lipinski definition) is 3. The maximum Gasteiger partial charge on any atom is 0.266 e. The van der Waals surface area contributed by atoms with E-state index in [-0.39, 0.29) is 35.6 Å². The van der Waals surface area contributed by atoms with Gasteiger partial charge in [0.1, 0.15) is 0 Å². The van der Waals surface area contributed by atoms with Crippen molar-refractivity contribution in [3.63, 3.8) is 0 Å². The molecule has 474 valence electrons. The van der Waals surface area contributed by atoms with Crippen LogP contribution in [0.1, 0.15) is 109 Å². The molecular weight excluding hydrogens is 1180 g/mol. The van der Waals surface area contributed by atoms with Crippen LogP contribution >= 0.6 is 0 Å². The number of aromatic nitrogens is 6. The Labute approximate surface area is 538 Å². The summed E-state index contributed by atoms with van der Waals surface area (Å²) in [6.07, 6.45) is 8.55. The monoisotopic (exact) mass is 1250 g/mol. The van der Waals surface area contributed by atoms with Gasteiger partial charge in [-0.1, -0.05) is 96.1 Å². The second-order valence-corrected chi connectivity index (χ2v) is 22.5. The molecule has 3 aliphatic heterocycles. The predicted octanol–water partition coefficient (Wildman–Crippen LogP) is 10.3. The van der Waals surface area contributed by atoms with E-state index < -0.39 is 34.5 Å². The Bertz CT molecular complexity index is 3950. The zero-order chi connectivity index (χ0) is 66.5. The molecule has 0 saturated carbocycles. The maximum atomic E-state index is 14.4. The van der Waals surface area contributed by atoms with Gasteiger partial charge in [0.05, 0.1) is 0 Å². The molecule has 6 N–H and O–H groups in total. The number of guanidine groups is 3. The first-order valence-electron chi connectivity index (χ1n) is 30.8. The normalized spacial score (nSPS) is 18.4. The topological polar surface area (TPSA) is 253 Å². The molecule has 21 heteroatoms. The number of carbonyl (C=O) groups is 3. The molecule has 0 spiro atoms. The number of aryl methyl sites for hydroxylation is 6. The lowest BCUT2D eigenvalue weighted by atomic mass is 9.81. The van der Waals surface area contributed by atoms with Crippen LogP contribution in [0.15, 0.2) is 179 Å². The number of nitrogens with zero attached hydrogens (tertiary/aromatic N) is 12. The number of amides is 3. The number of carbonyl (C=O) groups excluding carboxylic acids is 3. The van der Waals surface area contributed by atoms with Gasteiger partial charge in [-0.2, -0.15) is 13.2 Å². The summed E-state index contributed by atoms with van der Waals surface area (Å²) in [5, 5.41) is 0. The minimum atomic E-state index is -1.36. The van der Waals surface area contributed by atoms with Crippen LogP contribution < -0.4 is 17.2 Å². The van der Waals surface area contributed by atoms with Gasteiger partial charge in [-0.25, -0.2) is 29.9 Å². The van der Waals surface area contributed by atoms with Crippen LogP contribution in [0.5, 0.6) is 0 Å². The van der Waals surface area contributed by atoms with E-state index in [0.717, 1.165) is 72.7 Å². The molecule has 3 amide bonds. The standard InChI is InChI=1S/3C24H24FN5O/c3*1-4-18-13-17(14-19(5-2)28-18)24(22(31)30(3)23(26)29-24)16-9-6-8-15(12-16)20-10-7-11-27-21(20)25/h3*6-14H,4-5H2,1-3H3,(H2,26,29)/t2*24-;/m10./s1. The zero-order valence-corrected chi connectivity index (χ0v) is 53.3. The average molecular weight is 1250 g/mol. The Kier molecular flexibility index (Phi) is 18.9. The van der Waals surface area contributed by atoms with Crippen LogP contribution in [-0.4, -0.2) is 101 Å². The third kappa shape index (κ3) is 12.1. The molecule has 0 fully saturated rings. The molecule has 6 aromatic heterocycles. The van der Waals surface area contributed by atoms with Crippen molar-refractivity contribution in [3.05, 3.63) is 250 Å². The van der Waals surface area contributed by atoms with Crippen molar-refractivity contribution < 1.29 is 27.6 Å². The Morgan fingerprint density at radius 2 is 0.581 bits per heavy atom. The van der Waals surface area contributed by atoms with Crippen molar-refractivity contribution in [2.75, 3.05) is 21.1 Å². The SMILES string of the molecule is CCc1cc(C2(c3cccc(-c4cccnc4F)c3)N=C(N)N(C)C2=O)cc(CC)n1.CCc1cc([C@@]2(c3cccc(-c4cccnc4F)c3)N=C(N)N(C)C2=O)cc(CC)n1.CCc1cc([C@]2(c3cccc(-c4cccnc4F)c3)N=C(N)N(C)C2=O)cc(CC)n1. The lowest BCUT2D eigenvalue weighted by Gasteiger charge is -2.27. The van der Waals surface area contributed by atoms with E-state index in [1.807, 2.05) is 96.1 Å². The van der Waals surface area contributed by atoms with E-state index >= 15 is 0 Å². The first-order chi connectivity index (χ1) is 44.7. The molecule has 3 atom stereocenters. The van der Waals surface area contributed by atoms with E-state index in [0.29, 0.717) is 66.8 Å². The highest BCUT2D eigenvalue weighted by molar-refractivity contribution is 6.11. The second-order valence-electron chi connectivity index (χ2n) is 22.5. The highest BCUT2D eigenvalue weighted by atomic mass is 19.1. The number of aliphatic imine (C=N–C) groups is 3. The summed E-state index contributed by atoms with van der Waals surface area (Å²) >= 11 is 0. The minimum absolute atomic E-state index is 0.135. The zero-order valence-electron chi connectivity index (χ0n) is 53.3. The van der Waals surface area contributed by atoms with Crippen molar-refractivity contribution in [2.45, 2.75) is 96.7 Å². The molecule has 9 heterocycles. The molecule has 9 aromatic rings. The van der Waals surface area contributed by atoms with Crippen LogP contribution in [-0.2, 0) is 69.5 Å². The molecule has 1 unspecified atom stereocenters. The number of nitrogens with two attached hydrogens (primary N) is 3. The lowest BCUT2D eigenvalue weighted by Crippen LogP contribution is -2.41. The fourth-order valence-corrected chi connectivity index (χ4v) is 11.8. The van der Waals surface area contributed by atoms with Gasteiger partial charge in [0.2, 0.25) is 17.8 Å². The van der Waals surface area contributed by atoms with Crippen molar-refractivity contribution in [1.82, 2.24) is 44.6 Å². The third-order valence-electron chi connectivity index (χ3n) is 17.0. The molecule has 18 nitrogen and oxygen atoms in total. The van der Waals surface area contributed by atoms with E-state index in [4.69, 9.17) is 17.2 Å². The smallest absolute Gasteiger partial charge is 0.266 e. The first kappa shape index (κ1) is 65.1. The summed E-state index contributed by atoms with van der Waals surface area (Å²) in [5.41, 5.74) is 26.3. The van der Waals surface area contributed by atoms with Gasteiger partial charge in [-0.3, -0.25) is 44.0 Å². The first-order valence-corrected chi connectivity index (χ1v) is 30.8. The fraction of sp³-hybridized carbons (Fsp3) is 0.250. The quantitative estimate of drug-likeness (QED) is 0.0811. The van der Waals surface area contributed by atoms with Crippen LogP contribution in [0.4, 0.5) is 13.2 Å². The number of halogens is 3. The molecule has 3 aliphatic rings. The summed E-state index contributed by atoms with van der Waals surface area (Å²) in [6.45, 7) is 12.1. The molecule has 0 bridgehead atoms. The number of benzene rings is 3. The van der Waals surface area contributed by atoms with E-state index in [9.17, 15) is 27.6 Å². The summed E-state index contributed by atoms with van der Waals surface area (Å²) in [4.78, 5) is 84.0. The Hall–Kier alpha value is -10.8. The van der Waals surface area contributed by atoms with Crippen LogP contribution in [0.2, 0.25) is 0 Å². The van der Waals surface area contributed by atoms with Crippen molar-refractivity contribution in [1.29, 1.82) is 0 Å². The largest absolute Gasteiger partial charge is 0.369 e. The third-order valence-corrected chi connectivity index (χ3v) is 17.0. The molecule has 0 radical (unpaired) electrons. The summed E-state index contributed by atoms with van der Waals surface area (Å²) in [5.74, 6) is -2.09. The highest BCUT2D eigenvalue weighted by Gasteiger charge is 2.52. The van der Waals surface area contributed by atoms with Crippen molar-refractivity contribution >= 4 is 35.6 Å². The molecule has 93 heavy (non-hydrogen) atoms. The van der Waals surface area contributed by atoms with Gasteiger partial charge in [-0.15, -0.1) is 0 Å². The van der Waals surface area contributed by atoms with Gasteiger partial charge in [0.25, 0.3) is 17.7 Å². The van der Waals surface area contributed by atoms with E-state index in [1.165, 1.54) is 33.3 Å². The predicted molar refractivity (Wildman–Crippen MR) is 353 cm³/mol. The number of rotatable bonds is 15. The van der Waals surface area contributed by atoms with Crippen LogP contribution in [0, 0.1) is 17.8 Å². The molecule has 12 rings (SSSR count). The number of likely N-dealkylation sites (N-methyl/N-ethyl adjacent to an activating group) is 3. The van der Waals surface area contributed by atoms with Gasteiger partial charge in [0, 0.05) is 90.6 Å². The molecule has 0 saturated heterocycles. The minimum Gasteiger partial charge on any atom is -0.369 e. The molecule has 0 aliphatic carbocycles. The van der Waals surface area contributed by atoms with Crippen molar-refractivity contribution in [2.24, 2.45) is 32.2 Å². The Balaban J connectivity index is 0.000000153. The highest BCUT2D eigenvalue weighted by Crippen LogP contribution is 2.45. The summed E-state index contributed by atoms with van der Waals surface area (Å²) < 4.78 is 43.1. The molecular formula is C72H72F3N15O3. The van der Waals surface area contributed by atoms with Crippen molar-refractivity contribution in [3.8, 4) is 33.4 Å². The van der Waals surface area contributed by atoms with Gasteiger partial charge in [0.15, 0.2) is 34.5 Å². The fourth-order valence-electron chi connectivity index (χ4n) is 11.8.